The Morgan fingerprint density at radius 1 is 1.19 bits per heavy atom. The van der Waals surface area contributed by atoms with Gasteiger partial charge < -0.3 is 24.5 Å². The first kappa shape index (κ1) is 22.9. The fraction of sp³-hybridized carbons (Fsp3) is 0.286. The van der Waals surface area contributed by atoms with Crippen LogP contribution in [0.2, 0.25) is 10.0 Å². The van der Waals surface area contributed by atoms with Crippen molar-refractivity contribution in [3.8, 4) is 17.3 Å². The number of nitrogens with one attached hydrogen (secondary N) is 1. The molecule has 1 amide bonds. The lowest BCUT2D eigenvalue weighted by Gasteiger charge is -2.19. The second-order valence-electron chi connectivity index (χ2n) is 6.57. The van der Waals surface area contributed by atoms with E-state index in [1.165, 1.54) is 19.3 Å². The van der Waals surface area contributed by atoms with Crippen LogP contribution in [0.3, 0.4) is 0 Å². The van der Waals surface area contributed by atoms with E-state index in [1.807, 2.05) is 0 Å². The van der Waals surface area contributed by atoms with Gasteiger partial charge in [-0.1, -0.05) is 23.2 Å². The Morgan fingerprint density at radius 2 is 1.90 bits per heavy atom. The molecule has 0 saturated heterocycles. The van der Waals surface area contributed by atoms with Crippen LogP contribution in [-0.4, -0.2) is 47.4 Å². The first-order valence-corrected chi connectivity index (χ1v) is 10.2. The Kier molecular flexibility index (Phi) is 7.37. The summed E-state index contributed by atoms with van der Waals surface area (Å²) in [7, 11) is 1.54. The zero-order valence-electron chi connectivity index (χ0n) is 16.9. The van der Waals surface area contributed by atoms with Crippen molar-refractivity contribution in [1.82, 2.24) is 14.9 Å². The number of amides is 1. The van der Waals surface area contributed by atoms with E-state index >= 15 is 0 Å². The van der Waals surface area contributed by atoms with E-state index in [1.54, 1.807) is 29.7 Å². The molecular weight excluding hydrogens is 445 g/mol. The highest BCUT2D eigenvalue weighted by atomic mass is 35.5. The molecule has 0 radical (unpaired) electrons. The quantitative estimate of drug-likeness (QED) is 0.530. The van der Waals surface area contributed by atoms with E-state index < -0.39 is 0 Å². The van der Waals surface area contributed by atoms with Crippen LogP contribution >= 0.6 is 23.2 Å². The minimum absolute atomic E-state index is 0.0670. The van der Waals surface area contributed by atoms with E-state index in [0.29, 0.717) is 32.7 Å². The number of aliphatic hydroxyl groups excluding tert-OH is 1. The third-order valence-electron chi connectivity index (χ3n) is 4.49. The molecule has 0 atom stereocenters. The van der Waals surface area contributed by atoms with Crippen LogP contribution in [0.5, 0.6) is 11.6 Å². The number of aromatic nitrogens is 2. The Hall–Kier alpha value is -2.81. The normalized spacial score (nSPS) is 10.9. The van der Waals surface area contributed by atoms with Gasteiger partial charge in [0.2, 0.25) is 11.8 Å². The van der Waals surface area contributed by atoms with Gasteiger partial charge in [-0.15, -0.1) is 0 Å². The molecule has 0 aliphatic heterocycles. The van der Waals surface area contributed by atoms with Crippen LogP contribution in [0.4, 0.5) is 0 Å². The summed E-state index contributed by atoms with van der Waals surface area (Å²) in [5, 5.41) is 12.3. The minimum atomic E-state index is -0.276. The molecule has 2 aromatic heterocycles. The van der Waals surface area contributed by atoms with Crippen molar-refractivity contribution in [2.45, 2.75) is 13.3 Å². The topological polar surface area (TPSA) is 103 Å². The number of carbonyl (C=O) groups is 1. The van der Waals surface area contributed by atoms with Crippen molar-refractivity contribution in [1.29, 1.82) is 0 Å². The number of aliphatic hydroxyl groups is 1. The van der Waals surface area contributed by atoms with Crippen molar-refractivity contribution in [2.75, 3.05) is 26.9 Å². The smallest absolute Gasteiger partial charge is 0.226 e. The average Bonchev–Trinajstić information content (AvgIpc) is 2.73. The zero-order valence-corrected chi connectivity index (χ0v) is 18.5. The lowest BCUT2D eigenvalue weighted by atomic mass is 10.2. The number of hydrogen-bond acceptors (Lipinski definition) is 6. The second kappa shape index (κ2) is 10.00. The largest absolute Gasteiger partial charge is 0.491 e. The minimum Gasteiger partial charge on any atom is -0.491 e. The molecule has 0 aliphatic rings. The van der Waals surface area contributed by atoms with Crippen molar-refractivity contribution in [2.24, 2.45) is 0 Å². The molecule has 2 N–H and O–H groups in total. The fourth-order valence-corrected chi connectivity index (χ4v) is 3.78. The lowest BCUT2D eigenvalue weighted by molar-refractivity contribution is -0.121. The number of rotatable bonds is 8. The highest BCUT2D eigenvalue weighted by Gasteiger charge is 2.19. The van der Waals surface area contributed by atoms with Crippen LogP contribution < -0.4 is 20.2 Å². The third kappa shape index (κ3) is 4.92. The highest BCUT2D eigenvalue weighted by molar-refractivity contribution is 6.38. The summed E-state index contributed by atoms with van der Waals surface area (Å²) in [5.41, 5.74) is 1.29. The maximum atomic E-state index is 12.8. The first-order valence-electron chi connectivity index (χ1n) is 9.45. The molecule has 3 aromatic rings. The summed E-state index contributed by atoms with van der Waals surface area (Å²) in [4.78, 5) is 28.4. The van der Waals surface area contributed by atoms with Gasteiger partial charge in [-0.25, -0.2) is 4.98 Å². The van der Waals surface area contributed by atoms with Crippen molar-refractivity contribution in [3.63, 3.8) is 0 Å². The summed E-state index contributed by atoms with van der Waals surface area (Å²) in [6.07, 6.45) is 1.63. The van der Waals surface area contributed by atoms with Crippen molar-refractivity contribution in [3.05, 3.63) is 56.4 Å². The number of carbonyl (C=O) groups excluding carboxylic acids is 1. The van der Waals surface area contributed by atoms with Gasteiger partial charge in [0.05, 0.1) is 40.9 Å². The predicted octanol–water partition coefficient (Wildman–Crippen LogP) is 2.89. The van der Waals surface area contributed by atoms with Gasteiger partial charge in [-0.2, -0.15) is 0 Å². The lowest BCUT2D eigenvalue weighted by Crippen LogP contribution is -2.20. The first-order chi connectivity index (χ1) is 14.9. The Balaban J connectivity index is 2.13. The number of nitrogens with zero attached hydrogens (tertiary/aromatic N) is 2. The molecule has 2 heterocycles. The Labute approximate surface area is 188 Å². The van der Waals surface area contributed by atoms with Crippen LogP contribution in [0.1, 0.15) is 12.1 Å². The van der Waals surface area contributed by atoms with Crippen LogP contribution in [0.25, 0.3) is 16.6 Å². The number of fused-ring (bicyclic) bond motifs is 1. The average molecular weight is 466 g/mol. The number of pyridine rings is 2. The van der Waals surface area contributed by atoms with E-state index in [4.69, 9.17) is 37.8 Å². The number of aryl methyl sites for hydroxylation is 1. The molecule has 1 aromatic carbocycles. The molecule has 0 fully saturated rings. The van der Waals surface area contributed by atoms with Crippen LogP contribution in [0.15, 0.2) is 35.3 Å². The number of halogens is 2. The van der Waals surface area contributed by atoms with Gasteiger partial charge in [-0.05, 0) is 13.0 Å². The Bertz CT molecular complexity index is 1160. The van der Waals surface area contributed by atoms with Crippen LogP contribution in [-0.2, 0) is 4.79 Å². The fourth-order valence-electron chi connectivity index (χ4n) is 3.14. The molecule has 0 saturated carbocycles. The summed E-state index contributed by atoms with van der Waals surface area (Å²) in [6.45, 7) is 1.79. The molecule has 3 rings (SSSR count). The van der Waals surface area contributed by atoms with Crippen LogP contribution in [0, 0.1) is 6.92 Å². The predicted molar refractivity (Wildman–Crippen MR) is 119 cm³/mol. The number of benzene rings is 1. The molecule has 31 heavy (non-hydrogen) atoms. The summed E-state index contributed by atoms with van der Waals surface area (Å²) < 4.78 is 12.8. The maximum Gasteiger partial charge on any atom is 0.226 e. The Morgan fingerprint density at radius 3 is 2.55 bits per heavy atom. The molecule has 0 unspecified atom stereocenters. The molecule has 0 bridgehead atoms. The zero-order chi connectivity index (χ0) is 22.5. The summed E-state index contributed by atoms with van der Waals surface area (Å²) in [5.74, 6) is 0.349. The molecule has 164 valence electrons. The molecular formula is C21H21Cl2N3O5. The monoisotopic (exact) mass is 465 g/mol. The molecule has 10 heteroatoms. The van der Waals surface area contributed by atoms with Gasteiger partial charge >= 0.3 is 0 Å². The van der Waals surface area contributed by atoms with Gasteiger partial charge in [0, 0.05) is 37.1 Å². The number of ether oxygens (including phenoxy) is 2. The standard InChI is InChI=1S/C21H21Cl2N3O5/c1-12-9-17(28)19-16(3-5-25-21(19)31-7-4-18(29)24-2)26(12)20-14(22)10-13(11-15(20)23)30-8-6-27/h3,5,9-11,27H,4,6-8H2,1-2H3,(H,24,29). The van der Waals surface area contributed by atoms with E-state index in [-0.39, 0.29) is 48.8 Å². The molecule has 0 spiro atoms. The van der Waals surface area contributed by atoms with Gasteiger partial charge in [-0.3, -0.25) is 9.59 Å². The highest BCUT2D eigenvalue weighted by Crippen LogP contribution is 2.36. The van der Waals surface area contributed by atoms with Gasteiger partial charge in [0.25, 0.3) is 0 Å². The van der Waals surface area contributed by atoms with E-state index in [0.717, 1.165) is 0 Å². The van der Waals surface area contributed by atoms with E-state index in [2.05, 4.69) is 10.3 Å². The van der Waals surface area contributed by atoms with E-state index in [9.17, 15) is 9.59 Å². The molecule has 0 aliphatic carbocycles. The third-order valence-corrected chi connectivity index (χ3v) is 5.07. The summed E-state index contributed by atoms with van der Waals surface area (Å²) >= 11 is 13.0. The number of hydrogen-bond donors (Lipinski definition) is 2. The summed E-state index contributed by atoms with van der Waals surface area (Å²) in [6, 6.07) is 6.28. The second-order valence-corrected chi connectivity index (χ2v) is 7.39. The molecule has 8 nitrogen and oxygen atoms in total. The van der Waals surface area contributed by atoms with Gasteiger partial charge in [0.1, 0.15) is 17.7 Å². The maximum absolute atomic E-state index is 12.8. The van der Waals surface area contributed by atoms with Crippen molar-refractivity contribution >= 4 is 40.0 Å². The van der Waals surface area contributed by atoms with Crippen molar-refractivity contribution < 1.29 is 19.4 Å². The van der Waals surface area contributed by atoms with Gasteiger partial charge in [0.15, 0.2) is 5.43 Å². The SMILES string of the molecule is CNC(=O)CCOc1nccc2c1c(=O)cc(C)n2-c1c(Cl)cc(OCCO)cc1Cl.